The average Bonchev–Trinajstić information content (AvgIpc) is 3.19. The molecule has 1 amide bonds. The average molecular weight is 425 g/mol. The van der Waals surface area contributed by atoms with Crippen molar-refractivity contribution in [3.05, 3.63) is 69.5 Å². The molecule has 6 nitrogen and oxygen atoms in total. The largest absolute Gasteiger partial charge is 0.496 e. The minimum atomic E-state index is -0.381. The van der Waals surface area contributed by atoms with Crippen molar-refractivity contribution >= 4 is 23.2 Å². The third-order valence-corrected chi connectivity index (χ3v) is 5.53. The molecule has 0 aliphatic rings. The van der Waals surface area contributed by atoms with Gasteiger partial charge in [-0.25, -0.2) is 9.78 Å². The first-order valence-corrected chi connectivity index (χ1v) is 10.3. The van der Waals surface area contributed by atoms with Crippen LogP contribution in [0.15, 0.2) is 47.8 Å². The Labute approximate surface area is 180 Å². The summed E-state index contributed by atoms with van der Waals surface area (Å²) in [5.74, 6) is 0.264. The summed E-state index contributed by atoms with van der Waals surface area (Å²) in [6, 6.07) is 12.8. The van der Waals surface area contributed by atoms with Gasteiger partial charge in [-0.1, -0.05) is 12.1 Å². The van der Waals surface area contributed by atoms with E-state index < -0.39 is 0 Å². The van der Waals surface area contributed by atoms with Crippen LogP contribution in [0.1, 0.15) is 26.5 Å². The number of rotatable bonds is 7. The third kappa shape index (κ3) is 5.04. The molecule has 30 heavy (non-hydrogen) atoms. The van der Waals surface area contributed by atoms with E-state index in [1.54, 1.807) is 42.5 Å². The predicted octanol–water partition coefficient (Wildman–Crippen LogP) is 4.11. The van der Waals surface area contributed by atoms with Crippen molar-refractivity contribution in [2.45, 2.75) is 19.9 Å². The summed E-state index contributed by atoms with van der Waals surface area (Å²) >= 11 is 1.59. The third-order valence-electron chi connectivity index (χ3n) is 4.76. The molecule has 0 saturated heterocycles. The highest BCUT2D eigenvalue weighted by Gasteiger charge is 2.15. The smallest absolute Gasteiger partial charge is 0.337 e. The van der Waals surface area contributed by atoms with Crippen molar-refractivity contribution in [1.82, 2.24) is 9.88 Å². The first-order valence-electron chi connectivity index (χ1n) is 9.42. The molecule has 0 atom stereocenters. The number of nitrogens with zero attached hydrogens (tertiary/aromatic N) is 2. The number of thiazole rings is 1. The number of ether oxygens (including phenoxy) is 2. The number of methoxy groups -OCH3 is 2. The van der Waals surface area contributed by atoms with Crippen molar-refractivity contribution < 1.29 is 19.1 Å². The molecule has 3 aromatic rings. The predicted molar refractivity (Wildman–Crippen MR) is 117 cm³/mol. The van der Waals surface area contributed by atoms with Gasteiger partial charge >= 0.3 is 5.97 Å². The molecule has 0 radical (unpaired) electrons. The minimum absolute atomic E-state index is 0.0306. The van der Waals surface area contributed by atoms with Crippen LogP contribution in [0.2, 0.25) is 0 Å². The van der Waals surface area contributed by atoms with E-state index in [2.05, 4.69) is 4.98 Å². The van der Waals surface area contributed by atoms with E-state index in [1.807, 2.05) is 42.6 Å². The van der Waals surface area contributed by atoms with Crippen LogP contribution >= 0.6 is 11.3 Å². The van der Waals surface area contributed by atoms with Gasteiger partial charge in [0, 0.05) is 30.1 Å². The maximum Gasteiger partial charge on any atom is 0.337 e. The number of carbonyl (C=O) groups excluding carboxylic acids is 2. The maximum atomic E-state index is 12.8. The summed E-state index contributed by atoms with van der Waals surface area (Å²) in [4.78, 5) is 30.6. The zero-order valence-electron chi connectivity index (χ0n) is 17.5. The minimum Gasteiger partial charge on any atom is -0.496 e. The van der Waals surface area contributed by atoms with Gasteiger partial charge in [-0.15, -0.1) is 11.3 Å². The summed E-state index contributed by atoms with van der Waals surface area (Å²) in [5.41, 5.74) is 4.08. The van der Waals surface area contributed by atoms with E-state index in [1.165, 1.54) is 7.11 Å². The van der Waals surface area contributed by atoms with Crippen LogP contribution < -0.4 is 4.74 Å². The first kappa shape index (κ1) is 21.5. The number of likely N-dealkylation sites (N-methyl/N-ethyl adjacent to an activating group) is 1. The van der Waals surface area contributed by atoms with E-state index in [0.29, 0.717) is 17.9 Å². The van der Waals surface area contributed by atoms with Gasteiger partial charge in [0.15, 0.2) is 0 Å². The van der Waals surface area contributed by atoms with Gasteiger partial charge in [-0.05, 0) is 42.8 Å². The van der Waals surface area contributed by atoms with Crippen molar-refractivity contribution in [1.29, 1.82) is 0 Å². The standard InChI is InChI=1S/C23H24N2O4S/c1-15-24-20(14-30-15)18-9-10-21(28-3)19(11-18)12-22(26)25(2)13-16-5-7-17(8-6-16)23(27)29-4/h5-11,14H,12-13H2,1-4H3. The van der Waals surface area contributed by atoms with E-state index in [0.717, 1.165) is 27.4 Å². The van der Waals surface area contributed by atoms with Crippen LogP contribution in [0, 0.1) is 6.92 Å². The zero-order chi connectivity index (χ0) is 21.7. The van der Waals surface area contributed by atoms with Gasteiger partial charge in [0.2, 0.25) is 5.91 Å². The van der Waals surface area contributed by atoms with Crippen molar-refractivity contribution in [3.63, 3.8) is 0 Å². The highest BCUT2D eigenvalue weighted by Crippen LogP contribution is 2.28. The fraction of sp³-hybridized carbons (Fsp3) is 0.261. The van der Waals surface area contributed by atoms with Crippen LogP contribution in [-0.4, -0.2) is 43.0 Å². The Morgan fingerprint density at radius 2 is 1.83 bits per heavy atom. The Bertz CT molecular complexity index is 1040. The fourth-order valence-corrected chi connectivity index (χ4v) is 3.72. The Morgan fingerprint density at radius 3 is 2.43 bits per heavy atom. The number of hydrogen-bond acceptors (Lipinski definition) is 6. The number of benzene rings is 2. The molecule has 0 bridgehead atoms. The van der Waals surface area contributed by atoms with Crippen LogP contribution in [0.4, 0.5) is 0 Å². The van der Waals surface area contributed by atoms with Crippen molar-refractivity contribution in [2.24, 2.45) is 0 Å². The second-order valence-electron chi connectivity index (χ2n) is 6.89. The molecule has 0 fully saturated rings. The van der Waals surface area contributed by atoms with E-state index in [4.69, 9.17) is 9.47 Å². The molecule has 0 saturated carbocycles. The maximum absolute atomic E-state index is 12.8. The summed E-state index contributed by atoms with van der Waals surface area (Å²) in [6.07, 6.45) is 0.219. The molecule has 156 valence electrons. The van der Waals surface area contributed by atoms with Crippen LogP contribution in [0.5, 0.6) is 5.75 Å². The van der Waals surface area contributed by atoms with Crippen LogP contribution in [0.3, 0.4) is 0 Å². The Kier molecular flexibility index (Phi) is 6.84. The summed E-state index contributed by atoms with van der Waals surface area (Å²) in [6.45, 7) is 2.41. The Morgan fingerprint density at radius 1 is 1.10 bits per heavy atom. The number of carbonyl (C=O) groups is 2. The molecule has 0 aliphatic carbocycles. The van der Waals surface area contributed by atoms with Gasteiger partial charge in [0.25, 0.3) is 0 Å². The lowest BCUT2D eigenvalue weighted by Crippen LogP contribution is -2.27. The number of aryl methyl sites for hydroxylation is 1. The molecular formula is C23H24N2O4S. The second-order valence-corrected chi connectivity index (χ2v) is 7.96. The zero-order valence-corrected chi connectivity index (χ0v) is 18.3. The lowest BCUT2D eigenvalue weighted by molar-refractivity contribution is -0.129. The molecule has 2 aromatic carbocycles. The molecule has 7 heteroatoms. The molecule has 1 aromatic heterocycles. The molecule has 0 spiro atoms. The summed E-state index contributed by atoms with van der Waals surface area (Å²) in [5, 5.41) is 3.00. The number of amides is 1. The van der Waals surface area contributed by atoms with E-state index in [-0.39, 0.29) is 18.3 Å². The van der Waals surface area contributed by atoms with E-state index in [9.17, 15) is 9.59 Å². The fourth-order valence-electron chi connectivity index (χ4n) is 3.10. The topological polar surface area (TPSA) is 68.7 Å². The molecule has 3 rings (SSSR count). The number of hydrogen-bond donors (Lipinski definition) is 0. The SMILES string of the molecule is COC(=O)c1ccc(CN(C)C(=O)Cc2cc(-c3csc(C)n3)ccc2OC)cc1. The van der Waals surface area contributed by atoms with Gasteiger partial charge in [-0.3, -0.25) is 4.79 Å². The molecule has 0 unspecified atom stereocenters. The van der Waals surface area contributed by atoms with Crippen LogP contribution in [-0.2, 0) is 22.5 Å². The quantitative estimate of drug-likeness (QED) is 0.534. The highest BCUT2D eigenvalue weighted by atomic mass is 32.1. The van der Waals surface area contributed by atoms with E-state index >= 15 is 0 Å². The number of aromatic nitrogens is 1. The van der Waals surface area contributed by atoms with Gasteiger partial charge in [-0.2, -0.15) is 0 Å². The summed E-state index contributed by atoms with van der Waals surface area (Å²) < 4.78 is 10.2. The number of esters is 1. The lowest BCUT2D eigenvalue weighted by Gasteiger charge is -2.18. The normalized spacial score (nSPS) is 10.5. The van der Waals surface area contributed by atoms with Crippen LogP contribution in [0.25, 0.3) is 11.3 Å². The van der Waals surface area contributed by atoms with Crippen molar-refractivity contribution in [3.8, 4) is 17.0 Å². The Hall–Kier alpha value is -3.19. The molecule has 1 heterocycles. The highest BCUT2D eigenvalue weighted by molar-refractivity contribution is 7.09. The van der Waals surface area contributed by atoms with Crippen molar-refractivity contribution in [2.75, 3.05) is 21.3 Å². The Balaban J connectivity index is 1.72. The second kappa shape index (κ2) is 9.54. The van der Waals surface area contributed by atoms with Gasteiger partial charge in [0.05, 0.1) is 36.9 Å². The van der Waals surface area contributed by atoms with Gasteiger partial charge in [0.1, 0.15) is 5.75 Å². The molecule has 0 N–H and O–H groups in total. The van der Waals surface area contributed by atoms with Gasteiger partial charge < -0.3 is 14.4 Å². The summed E-state index contributed by atoms with van der Waals surface area (Å²) in [7, 11) is 4.71. The molecule has 0 aliphatic heterocycles. The lowest BCUT2D eigenvalue weighted by atomic mass is 10.0. The molecular weight excluding hydrogens is 400 g/mol. The monoisotopic (exact) mass is 424 g/mol. The first-order chi connectivity index (χ1) is 14.4.